The Kier molecular flexibility index (Phi) is 4.92. The van der Waals surface area contributed by atoms with Gasteiger partial charge in [-0.1, -0.05) is 6.07 Å². The highest BCUT2D eigenvalue weighted by Gasteiger charge is 2.31. The number of halogens is 3. The average molecular weight is 406 g/mol. The maximum atomic E-state index is 12.9. The van der Waals surface area contributed by atoms with Crippen LogP contribution < -0.4 is 10.2 Å². The topological polar surface area (TPSA) is 58.1 Å². The second-order valence-corrected chi connectivity index (χ2v) is 7.55. The molecule has 3 heterocycles. The highest BCUT2D eigenvalue weighted by molar-refractivity contribution is 7.16. The maximum Gasteiger partial charge on any atom is 0.416 e. The third-order valence-corrected chi connectivity index (χ3v) is 5.73. The van der Waals surface area contributed by atoms with Gasteiger partial charge in [0.15, 0.2) is 0 Å². The van der Waals surface area contributed by atoms with Crippen molar-refractivity contribution in [2.75, 3.05) is 23.3 Å². The van der Waals surface area contributed by atoms with Crippen molar-refractivity contribution < 1.29 is 18.0 Å². The molecule has 0 spiro atoms. The van der Waals surface area contributed by atoms with E-state index in [1.54, 1.807) is 6.07 Å². The van der Waals surface area contributed by atoms with Crippen LogP contribution >= 0.6 is 11.3 Å². The number of amides is 1. The van der Waals surface area contributed by atoms with E-state index in [2.05, 4.69) is 15.3 Å². The lowest BCUT2D eigenvalue weighted by Gasteiger charge is -2.33. The number of hydrogen-bond acceptors (Lipinski definition) is 5. The van der Waals surface area contributed by atoms with E-state index in [0.29, 0.717) is 37.4 Å². The third-order valence-electron chi connectivity index (χ3n) is 4.91. The van der Waals surface area contributed by atoms with Crippen LogP contribution in [0.3, 0.4) is 0 Å². The van der Waals surface area contributed by atoms with Crippen molar-refractivity contribution >= 4 is 39.0 Å². The van der Waals surface area contributed by atoms with Crippen LogP contribution in [-0.4, -0.2) is 29.0 Å². The molecule has 0 radical (unpaired) electrons. The Bertz CT molecular complexity index is 996. The smallest absolute Gasteiger partial charge is 0.371 e. The molecule has 146 valence electrons. The Labute approximate surface area is 163 Å². The van der Waals surface area contributed by atoms with E-state index < -0.39 is 11.7 Å². The summed E-state index contributed by atoms with van der Waals surface area (Å²) in [5.41, 5.74) is -0.127. The Morgan fingerprint density at radius 2 is 1.96 bits per heavy atom. The van der Waals surface area contributed by atoms with E-state index >= 15 is 0 Å². The number of rotatable bonds is 3. The molecule has 2 aromatic heterocycles. The molecule has 1 aromatic carbocycles. The Hall–Kier alpha value is -2.68. The van der Waals surface area contributed by atoms with Gasteiger partial charge in [0.1, 0.15) is 17.0 Å². The first-order chi connectivity index (χ1) is 13.4. The Morgan fingerprint density at radius 1 is 1.18 bits per heavy atom. The third kappa shape index (κ3) is 3.80. The molecule has 0 atom stereocenters. The number of nitrogens with one attached hydrogen (secondary N) is 1. The minimum Gasteiger partial charge on any atom is -0.371 e. The first kappa shape index (κ1) is 18.7. The van der Waals surface area contributed by atoms with Crippen LogP contribution in [0.5, 0.6) is 0 Å². The molecule has 1 fully saturated rings. The SMILES string of the molecule is O=C(Nc1ncnc2sccc12)C1CCN(c2cccc(C(F)(F)F)c2)CC1. The van der Waals surface area contributed by atoms with Crippen molar-refractivity contribution in [2.24, 2.45) is 5.92 Å². The van der Waals surface area contributed by atoms with Crippen LogP contribution in [0.4, 0.5) is 24.7 Å². The number of carbonyl (C=O) groups is 1. The van der Waals surface area contributed by atoms with Gasteiger partial charge in [-0.05, 0) is 42.5 Å². The molecule has 5 nitrogen and oxygen atoms in total. The summed E-state index contributed by atoms with van der Waals surface area (Å²) >= 11 is 1.48. The van der Waals surface area contributed by atoms with Crippen LogP contribution in [0, 0.1) is 5.92 Å². The molecular formula is C19H17F3N4OS. The number of nitrogens with zero attached hydrogens (tertiary/aromatic N) is 3. The van der Waals surface area contributed by atoms with E-state index in [1.807, 2.05) is 16.3 Å². The molecule has 1 N–H and O–H groups in total. The van der Waals surface area contributed by atoms with Crippen LogP contribution in [0.25, 0.3) is 10.2 Å². The Balaban J connectivity index is 1.40. The fourth-order valence-electron chi connectivity index (χ4n) is 3.39. The van der Waals surface area contributed by atoms with E-state index in [9.17, 15) is 18.0 Å². The van der Waals surface area contributed by atoms with E-state index in [0.717, 1.165) is 22.3 Å². The number of anilines is 2. The summed E-state index contributed by atoms with van der Waals surface area (Å²) in [5, 5.41) is 5.57. The van der Waals surface area contributed by atoms with Crippen LogP contribution in [-0.2, 0) is 11.0 Å². The van der Waals surface area contributed by atoms with Gasteiger partial charge in [-0.2, -0.15) is 13.2 Å². The highest BCUT2D eigenvalue weighted by Crippen LogP contribution is 2.33. The quantitative estimate of drug-likeness (QED) is 0.693. The van der Waals surface area contributed by atoms with Gasteiger partial charge in [0.25, 0.3) is 0 Å². The lowest BCUT2D eigenvalue weighted by Crippen LogP contribution is -2.38. The van der Waals surface area contributed by atoms with Gasteiger partial charge in [-0.15, -0.1) is 11.3 Å². The van der Waals surface area contributed by atoms with Gasteiger partial charge < -0.3 is 10.2 Å². The fourth-order valence-corrected chi connectivity index (χ4v) is 4.12. The molecule has 0 aliphatic carbocycles. The minimum absolute atomic E-state index is 0.116. The molecule has 0 unspecified atom stereocenters. The van der Waals surface area contributed by atoms with Gasteiger partial charge in [0.05, 0.1) is 10.9 Å². The lowest BCUT2D eigenvalue weighted by molar-refractivity contribution is -0.137. The average Bonchev–Trinajstić information content (AvgIpc) is 3.17. The molecule has 0 saturated carbocycles. The summed E-state index contributed by atoms with van der Waals surface area (Å²) in [7, 11) is 0. The standard InChI is InChI=1S/C19H17F3N4OS/c20-19(21,22)13-2-1-3-14(10-13)26-7-4-12(5-8-26)17(27)25-16-15-6-9-28-18(15)24-11-23-16/h1-3,6,9-12H,4-5,7-8H2,(H,23,24,25,27). The number of carbonyl (C=O) groups excluding carboxylic acids is 1. The number of alkyl halides is 3. The monoisotopic (exact) mass is 406 g/mol. The molecule has 1 aliphatic heterocycles. The van der Waals surface area contributed by atoms with Crippen LogP contribution in [0.15, 0.2) is 42.0 Å². The molecule has 28 heavy (non-hydrogen) atoms. The number of benzene rings is 1. The normalized spacial score (nSPS) is 15.8. The molecule has 3 aromatic rings. The van der Waals surface area contributed by atoms with Crippen molar-refractivity contribution in [1.82, 2.24) is 9.97 Å². The first-order valence-electron chi connectivity index (χ1n) is 8.83. The summed E-state index contributed by atoms with van der Waals surface area (Å²) in [5.74, 6) is 0.178. The van der Waals surface area contributed by atoms with Gasteiger partial charge in [-0.3, -0.25) is 4.79 Å². The van der Waals surface area contributed by atoms with Gasteiger partial charge in [0, 0.05) is 24.7 Å². The molecule has 1 aliphatic rings. The predicted molar refractivity (Wildman–Crippen MR) is 102 cm³/mol. The number of fused-ring (bicyclic) bond motifs is 1. The number of thiophene rings is 1. The molecule has 1 saturated heterocycles. The zero-order valence-electron chi connectivity index (χ0n) is 14.7. The van der Waals surface area contributed by atoms with Crippen molar-refractivity contribution in [1.29, 1.82) is 0 Å². The predicted octanol–water partition coefficient (Wildman–Crippen LogP) is 4.57. The molecule has 9 heteroatoms. The second kappa shape index (κ2) is 7.38. The van der Waals surface area contributed by atoms with Crippen molar-refractivity contribution in [2.45, 2.75) is 19.0 Å². The molecule has 1 amide bonds. The second-order valence-electron chi connectivity index (χ2n) is 6.66. The summed E-state index contributed by atoms with van der Waals surface area (Å²) in [6, 6.07) is 7.18. The van der Waals surface area contributed by atoms with Gasteiger partial charge >= 0.3 is 6.18 Å². The largest absolute Gasteiger partial charge is 0.416 e. The molecular weight excluding hydrogens is 389 g/mol. The number of aromatic nitrogens is 2. The molecule has 4 rings (SSSR count). The fraction of sp³-hybridized carbons (Fsp3) is 0.316. The lowest BCUT2D eigenvalue weighted by atomic mass is 9.95. The van der Waals surface area contributed by atoms with Crippen molar-refractivity contribution in [3.05, 3.63) is 47.6 Å². The maximum absolute atomic E-state index is 12.9. The summed E-state index contributed by atoms with van der Waals surface area (Å²) < 4.78 is 38.7. The van der Waals surface area contributed by atoms with Crippen molar-refractivity contribution in [3.8, 4) is 0 Å². The zero-order valence-corrected chi connectivity index (χ0v) is 15.6. The summed E-state index contributed by atoms with van der Waals surface area (Å²) in [6.45, 7) is 1.05. The summed E-state index contributed by atoms with van der Waals surface area (Å²) in [4.78, 5) is 23.6. The number of hydrogen-bond donors (Lipinski definition) is 1. The van der Waals surface area contributed by atoms with E-state index in [1.165, 1.54) is 23.7 Å². The highest BCUT2D eigenvalue weighted by atomic mass is 32.1. The van der Waals surface area contributed by atoms with E-state index in [4.69, 9.17) is 0 Å². The summed E-state index contributed by atoms with van der Waals surface area (Å²) in [6.07, 6.45) is -1.80. The Morgan fingerprint density at radius 3 is 2.71 bits per heavy atom. The zero-order chi connectivity index (χ0) is 19.7. The van der Waals surface area contributed by atoms with Crippen molar-refractivity contribution in [3.63, 3.8) is 0 Å². The molecule has 0 bridgehead atoms. The number of piperidine rings is 1. The first-order valence-corrected chi connectivity index (χ1v) is 9.71. The van der Waals surface area contributed by atoms with Gasteiger partial charge in [-0.25, -0.2) is 9.97 Å². The van der Waals surface area contributed by atoms with Crippen LogP contribution in [0.2, 0.25) is 0 Å². The van der Waals surface area contributed by atoms with Crippen LogP contribution in [0.1, 0.15) is 18.4 Å². The minimum atomic E-state index is -4.36. The van der Waals surface area contributed by atoms with E-state index in [-0.39, 0.29) is 11.8 Å². The van der Waals surface area contributed by atoms with Gasteiger partial charge in [0.2, 0.25) is 5.91 Å².